The molecule has 0 saturated heterocycles. The molecule has 2 heterocycles. The SMILES string of the molecule is CNc1nnc(-c2cc(C)c3cc(NCC(F)(F)Cl)cc(C(C)(C)C)c3n2)o1. The number of alkyl halides is 3. The summed E-state index contributed by atoms with van der Waals surface area (Å²) in [7, 11) is 1.69. The van der Waals surface area contributed by atoms with E-state index in [1.54, 1.807) is 13.1 Å². The molecular formula is C19H22ClF2N5O. The van der Waals surface area contributed by atoms with Crippen LogP contribution in [-0.2, 0) is 5.41 Å². The first-order valence-corrected chi connectivity index (χ1v) is 9.14. The van der Waals surface area contributed by atoms with Crippen molar-refractivity contribution in [3.63, 3.8) is 0 Å². The second-order valence-corrected chi connectivity index (χ2v) is 8.18. The van der Waals surface area contributed by atoms with Crippen molar-refractivity contribution < 1.29 is 13.2 Å². The van der Waals surface area contributed by atoms with E-state index >= 15 is 0 Å². The van der Waals surface area contributed by atoms with E-state index in [2.05, 4.69) is 20.8 Å². The van der Waals surface area contributed by atoms with Crippen molar-refractivity contribution in [2.45, 2.75) is 38.5 Å². The summed E-state index contributed by atoms with van der Waals surface area (Å²) in [5, 5.41) is 10.9. The summed E-state index contributed by atoms with van der Waals surface area (Å²) < 4.78 is 31.7. The Morgan fingerprint density at radius 1 is 1.14 bits per heavy atom. The normalized spacial score (nSPS) is 12.4. The summed E-state index contributed by atoms with van der Waals surface area (Å²) in [6.45, 7) is 7.38. The van der Waals surface area contributed by atoms with E-state index in [0.717, 1.165) is 22.0 Å². The lowest BCUT2D eigenvalue weighted by atomic mass is 9.84. The highest BCUT2D eigenvalue weighted by atomic mass is 35.5. The van der Waals surface area contributed by atoms with Crippen LogP contribution in [-0.4, -0.2) is 34.2 Å². The molecule has 0 unspecified atom stereocenters. The molecule has 3 aromatic rings. The predicted molar refractivity (Wildman–Crippen MR) is 107 cm³/mol. The maximum Gasteiger partial charge on any atom is 0.338 e. The average molecular weight is 410 g/mol. The molecule has 0 saturated carbocycles. The third-order valence-electron chi connectivity index (χ3n) is 4.28. The first kappa shape index (κ1) is 20.3. The van der Waals surface area contributed by atoms with Gasteiger partial charge in [0, 0.05) is 18.1 Å². The average Bonchev–Trinajstić information content (AvgIpc) is 3.07. The van der Waals surface area contributed by atoms with E-state index in [1.165, 1.54) is 0 Å². The second-order valence-electron chi connectivity index (χ2n) is 7.63. The van der Waals surface area contributed by atoms with Gasteiger partial charge in [0.25, 0.3) is 5.89 Å². The van der Waals surface area contributed by atoms with Crippen molar-refractivity contribution in [1.82, 2.24) is 15.2 Å². The maximum absolute atomic E-state index is 13.1. The van der Waals surface area contributed by atoms with Gasteiger partial charge in [0.1, 0.15) is 5.69 Å². The molecule has 0 aliphatic rings. The number of halogens is 3. The smallest absolute Gasteiger partial charge is 0.338 e. The second kappa shape index (κ2) is 7.16. The van der Waals surface area contributed by atoms with Crippen LogP contribution in [0.4, 0.5) is 20.5 Å². The van der Waals surface area contributed by atoms with Crippen molar-refractivity contribution in [3.05, 3.63) is 29.3 Å². The molecule has 3 rings (SSSR count). The van der Waals surface area contributed by atoms with Gasteiger partial charge < -0.3 is 15.1 Å². The van der Waals surface area contributed by atoms with Crippen molar-refractivity contribution in [3.8, 4) is 11.6 Å². The van der Waals surface area contributed by atoms with Gasteiger partial charge in [0.05, 0.1) is 12.1 Å². The molecule has 0 radical (unpaired) electrons. The van der Waals surface area contributed by atoms with E-state index in [9.17, 15) is 8.78 Å². The number of nitrogens with one attached hydrogen (secondary N) is 2. The number of aryl methyl sites for hydroxylation is 1. The molecule has 0 aliphatic carbocycles. The van der Waals surface area contributed by atoms with Crippen molar-refractivity contribution in [1.29, 1.82) is 0 Å². The summed E-state index contributed by atoms with van der Waals surface area (Å²) in [4.78, 5) is 4.74. The molecule has 2 aromatic heterocycles. The Hall–Kier alpha value is -2.48. The number of aromatic nitrogens is 3. The van der Waals surface area contributed by atoms with Crippen molar-refractivity contribution in [2.75, 3.05) is 24.2 Å². The van der Waals surface area contributed by atoms with Crippen LogP contribution >= 0.6 is 11.6 Å². The number of anilines is 2. The highest BCUT2D eigenvalue weighted by Crippen LogP contribution is 2.35. The molecular weight excluding hydrogens is 388 g/mol. The van der Waals surface area contributed by atoms with Gasteiger partial charge in [-0.2, -0.15) is 8.78 Å². The number of fused-ring (bicyclic) bond motifs is 1. The van der Waals surface area contributed by atoms with E-state index in [-0.39, 0.29) is 5.41 Å². The van der Waals surface area contributed by atoms with Crippen LogP contribution in [0.15, 0.2) is 22.6 Å². The summed E-state index contributed by atoms with van der Waals surface area (Å²) in [5.41, 5.74) is 3.42. The lowest BCUT2D eigenvalue weighted by Gasteiger charge is -2.23. The highest BCUT2D eigenvalue weighted by molar-refractivity contribution is 6.22. The number of hydrogen-bond acceptors (Lipinski definition) is 6. The Balaban J connectivity index is 2.17. The summed E-state index contributed by atoms with van der Waals surface area (Å²) in [6.07, 6.45) is 0. The van der Waals surface area contributed by atoms with E-state index in [4.69, 9.17) is 21.0 Å². The van der Waals surface area contributed by atoms with Gasteiger partial charge in [0.2, 0.25) is 0 Å². The molecule has 150 valence electrons. The molecule has 1 aromatic carbocycles. The van der Waals surface area contributed by atoms with Gasteiger partial charge in [-0.15, -0.1) is 5.10 Å². The van der Waals surface area contributed by atoms with Crippen molar-refractivity contribution >= 4 is 34.2 Å². The number of benzene rings is 1. The van der Waals surface area contributed by atoms with Crippen LogP contribution in [0.5, 0.6) is 0 Å². The fourth-order valence-corrected chi connectivity index (χ4v) is 2.97. The van der Waals surface area contributed by atoms with Gasteiger partial charge in [0.15, 0.2) is 0 Å². The largest absolute Gasteiger partial charge is 0.402 e. The fourth-order valence-electron chi connectivity index (χ4n) is 2.90. The van der Waals surface area contributed by atoms with Crippen LogP contribution in [0.25, 0.3) is 22.5 Å². The fraction of sp³-hybridized carbons (Fsp3) is 0.421. The molecule has 28 heavy (non-hydrogen) atoms. The summed E-state index contributed by atoms with van der Waals surface area (Å²) >= 11 is 5.03. The Morgan fingerprint density at radius 3 is 2.43 bits per heavy atom. The number of rotatable bonds is 5. The molecule has 0 amide bonds. The van der Waals surface area contributed by atoms with Gasteiger partial charge in [-0.05, 0) is 53.3 Å². The predicted octanol–water partition coefficient (Wildman–Crippen LogP) is 5.18. The Labute approximate surface area is 166 Å². The van der Waals surface area contributed by atoms with Crippen LogP contribution in [0, 0.1) is 6.92 Å². The Bertz CT molecular complexity index is 1010. The minimum absolute atomic E-state index is 0.275. The Morgan fingerprint density at radius 2 is 1.86 bits per heavy atom. The van der Waals surface area contributed by atoms with Crippen LogP contribution in [0.2, 0.25) is 0 Å². The molecule has 2 N–H and O–H groups in total. The van der Waals surface area contributed by atoms with E-state index in [0.29, 0.717) is 23.3 Å². The molecule has 0 spiro atoms. The van der Waals surface area contributed by atoms with Gasteiger partial charge in [-0.3, -0.25) is 0 Å². The minimum atomic E-state index is -3.32. The minimum Gasteiger partial charge on any atom is -0.402 e. The number of hydrogen-bond donors (Lipinski definition) is 2. The molecule has 9 heteroatoms. The zero-order valence-electron chi connectivity index (χ0n) is 16.3. The standard InChI is InChI=1S/C19H22ClF2N5O/c1-10-6-14(16-26-27-17(23-5)28-16)25-15-12(10)7-11(24-9-19(20,21)22)8-13(15)18(2,3)4/h6-8,24H,9H2,1-5H3,(H,23,27). The summed E-state index contributed by atoms with van der Waals surface area (Å²) in [5.74, 6) is 0.304. The van der Waals surface area contributed by atoms with E-state index in [1.807, 2.05) is 39.8 Å². The van der Waals surface area contributed by atoms with Crippen LogP contribution in [0.1, 0.15) is 31.9 Å². The molecule has 0 fully saturated rings. The first-order valence-electron chi connectivity index (χ1n) is 8.76. The molecule has 6 nitrogen and oxygen atoms in total. The molecule has 0 bridgehead atoms. The zero-order chi connectivity index (χ0) is 20.7. The topological polar surface area (TPSA) is 75.9 Å². The monoisotopic (exact) mass is 409 g/mol. The lowest BCUT2D eigenvalue weighted by molar-refractivity contribution is 0.111. The van der Waals surface area contributed by atoms with Crippen LogP contribution < -0.4 is 10.6 Å². The lowest BCUT2D eigenvalue weighted by Crippen LogP contribution is -2.21. The maximum atomic E-state index is 13.1. The van der Waals surface area contributed by atoms with Crippen molar-refractivity contribution in [2.24, 2.45) is 0 Å². The molecule has 0 aliphatic heterocycles. The van der Waals surface area contributed by atoms with Crippen LogP contribution in [0.3, 0.4) is 0 Å². The van der Waals surface area contributed by atoms with Gasteiger partial charge >= 0.3 is 11.4 Å². The quantitative estimate of drug-likeness (QED) is 0.566. The zero-order valence-corrected chi connectivity index (χ0v) is 17.1. The Kier molecular flexibility index (Phi) is 5.18. The van der Waals surface area contributed by atoms with Gasteiger partial charge in [-0.1, -0.05) is 25.9 Å². The first-order chi connectivity index (χ1) is 13.0. The third kappa shape index (κ3) is 4.32. The third-order valence-corrected chi connectivity index (χ3v) is 4.41. The number of nitrogens with zero attached hydrogens (tertiary/aromatic N) is 3. The molecule has 0 atom stereocenters. The number of pyridine rings is 1. The van der Waals surface area contributed by atoms with E-state index < -0.39 is 11.9 Å². The highest BCUT2D eigenvalue weighted by Gasteiger charge is 2.25. The van der Waals surface area contributed by atoms with Gasteiger partial charge in [-0.25, -0.2) is 4.98 Å². The summed E-state index contributed by atoms with van der Waals surface area (Å²) in [6, 6.07) is 5.76.